The summed E-state index contributed by atoms with van der Waals surface area (Å²) < 4.78 is 3.05. The molecule has 33 heavy (non-hydrogen) atoms. The maximum absolute atomic E-state index is 12.9. The number of hydrogen-bond acceptors (Lipinski definition) is 5. The Morgan fingerprint density at radius 2 is 1.76 bits per heavy atom. The molecule has 0 aliphatic carbocycles. The van der Waals surface area contributed by atoms with E-state index in [0.29, 0.717) is 18.0 Å². The van der Waals surface area contributed by atoms with Gasteiger partial charge in [-0.15, -0.1) is 0 Å². The lowest BCUT2D eigenvalue weighted by atomic mass is 10.1. The van der Waals surface area contributed by atoms with E-state index >= 15 is 0 Å². The summed E-state index contributed by atoms with van der Waals surface area (Å²) in [5.41, 5.74) is 5.12. The Bertz CT molecular complexity index is 1280. The zero-order valence-electron chi connectivity index (χ0n) is 18.8. The first-order valence-electron chi connectivity index (χ1n) is 11.2. The molecule has 0 atom stereocenters. The van der Waals surface area contributed by atoms with E-state index in [-0.39, 0.29) is 5.91 Å². The van der Waals surface area contributed by atoms with Gasteiger partial charge in [0, 0.05) is 31.2 Å². The van der Waals surface area contributed by atoms with E-state index in [1.807, 2.05) is 40.8 Å². The minimum Gasteiger partial charge on any atom is -0.346 e. The Balaban J connectivity index is 1.31. The van der Waals surface area contributed by atoms with Gasteiger partial charge in [-0.3, -0.25) is 4.79 Å². The second kappa shape index (κ2) is 9.15. The van der Waals surface area contributed by atoms with E-state index < -0.39 is 0 Å². The number of fused-ring (bicyclic) bond motifs is 1. The third kappa shape index (κ3) is 4.61. The molecule has 0 saturated carbocycles. The van der Waals surface area contributed by atoms with Crippen molar-refractivity contribution in [1.29, 1.82) is 0 Å². The minimum absolute atomic E-state index is 0.161. The molecule has 1 saturated heterocycles. The summed E-state index contributed by atoms with van der Waals surface area (Å²) in [4.78, 5) is 22.1. The van der Waals surface area contributed by atoms with Crippen LogP contribution >= 0.6 is 22.9 Å². The van der Waals surface area contributed by atoms with Crippen LogP contribution < -0.4 is 4.90 Å². The van der Waals surface area contributed by atoms with Gasteiger partial charge in [0.1, 0.15) is 0 Å². The van der Waals surface area contributed by atoms with Gasteiger partial charge in [-0.1, -0.05) is 52.8 Å². The van der Waals surface area contributed by atoms with Crippen LogP contribution in [0.5, 0.6) is 0 Å². The highest BCUT2D eigenvalue weighted by Gasteiger charge is 2.23. The minimum atomic E-state index is 0.161. The summed E-state index contributed by atoms with van der Waals surface area (Å²) in [7, 11) is 0. The Morgan fingerprint density at radius 3 is 2.52 bits per heavy atom. The highest BCUT2D eigenvalue weighted by molar-refractivity contribution is 7.22. The van der Waals surface area contributed by atoms with Gasteiger partial charge in [-0.25, -0.2) is 4.68 Å². The zero-order valence-corrected chi connectivity index (χ0v) is 20.4. The highest BCUT2D eigenvalue weighted by Crippen LogP contribution is 2.33. The summed E-state index contributed by atoms with van der Waals surface area (Å²) in [6.45, 7) is 7.25. The molecular formula is C25H26ClN5OS. The van der Waals surface area contributed by atoms with E-state index in [0.717, 1.165) is 58.5 Å². The monoisotopic (exact) mass is 479 g/mol. The first-order valence-corrected chi connectivity index (χ1v) is 12.4. The third-order valence-corrected chi connectivity index (χ3v) is 7.51. The maximum atomic E-state index is 12.9. The molecule has 1 aliphatic rings. The van der Waals surface area contributed by atoms with Crippen LogP contribution in [-0.4, -0.2) is 51.8 Å². The second-order valence-electron chi connectivity index (χ2n) is 8.51. The van der Waals surface area contributed by atoms with E-state index in [1.165, 1.54) is 5.56 Å². The van der Waals surface area contributed by atoms with Gasteiger partial charge in [0.2, 0.25) is 5.91 Å². The highest BCUT2D eigenvalue weighted by atomic mass is 35.5. The van der Waals surface area contributed by atoms with Crippen molar-refractivity contribution in [1.82, 2.24) is 19.7 Å². The van der Waals surface area contributed by atoms with E-state index in [1.54, 1.807) is 11.3 Å². The molecule has 8 heteroatoms. The average Bonchev–Trinajstić information content (AvgIpc) is 3.26. The van der Waals surface area contributed by atoms with Crippen LogP contribution in [0.25, 0.3) is 16.0 Å². The second-order valence-corrected chi connectivity index (χ2v) is 9.92. The molecule has 170 valence electrons. The zero-order chi connectivity index (χ0) is 22.9. The van der Waals surface area contributed by atoms with Crippen LogP contribution in [0.4, 0.5) is 5.13 Å². The number of nitrogens with zero attached hydrogens (tertiary/aromatic N) is 5. The van der Waals surface area contributed by atoms with Crippen LogP contribution in [-0.2, 0) is 11.2 Å². The van der Waals surface area contributed by atoms with Gasteiger partial charge in [0.15, 0.2) is 10.8 Å². The first-order chi connectivity index (χ1) is 16.0. The van der Waals surface area contributed by atoms with Crippen LogP contribution in [0.1, 0.15) is 23.2 Å². The predicted octanol–water partition coefficient (Wildman–Crippen LogP) is 5.03. The number of amides is 1. The summed E-state index contributed by atoms with van der Waals surface area (Å²) in [6.07, 6.45) is 1.33. The van der Waals surface area contributed by atoms with E-state index in [9.17, 15) is 4.79 Å². The van der Waals surface area contributed by atoms with Crippen molar-refractivity contribution in [3.8, 4) is 5.69 Å². The van der Waals surface area contributed by atoms with Crippen LogP contribution in [0.3, 0.4) is 0 Å². The van der Waals surface area contributed by atoms with E-state index in [2.05, 4.69) is 36.1 Å². The fourth-order valence-corrected chi connectivity index (χ4v) is 5.34. The first kappa shape index (κ1) is 21.9. The van der Waals surface area contributed by atoms with Crippen LogP contribution in [0.15, 0.2) is 48.5 Å². The van der Waals surface area contributed by atoms with Gasteiger partial charge in [-0.2, -0.15) is 10.1 Å². The lowest BCUT2D eigenvalue weighted by molar-refractivity contribution is -0.130. The number of rotatable bonds is 4. The maximum Gasteiger partial charge on any atom is 0.227 e. The van der Waals surface area contributed by atoms with Gasteiger partial charge in [0.05, 0.1) is 22.5 Å². The molecule has 2 aromatic heterocycles. The molecule has 1 aliphatic heterocycles. The van der Waals surface area contributed by atoms with Crippen molar-refractivity contribution in [2.24, 2.45) is 0 Å². The van der Waals surface area contributed by atoms with Crippen molar-refractivity contribution in [3.05, 3.63) is 70.4 Å². The molecule has 0 bridgehead atoms. The largest absolute Gasteiger partial charge is 0.346 e. The number of benzene rings is 2. The topological polar surface area (TPSA) is 54.3 Å². The number of carbonyl (C=O) groups is 1. The Hall–Kier alpha value is -2.90. The summed E-state index contributed by atoms with van der Waals surface area (Å²) in [5.74, 6) is 0.161. The Labute approximate surface area is 202 Å². The van der Waals surface area contributed by atoms with Crippen molar-refractivity contribution >= 4 is 44.3 Å². The standard InChI is InChI=1S/C25H26ClN5OS/c1-17-4-10-21(11-5-17)31-24-23(18(2)28-31)33-25(27-24)30-13-3-12-29(14-15-30)22(32)16-19-6-8-20(26)9-7-19/h4-11H,3,12-16H2,1-2H3. The molecule has 0 N–H and O–H groups in total. The number of carbonyl (C=O) groups excluding carboxylic acids is 1. The van der Waals surface area contributed by atoms with Gasteiger partial charge in [0.25, 0.3) is 0 Å². The van der Waals surface area contributed by atoms with Crippen LogP contribution in [0, 0.1) is 13.8 Å². The van der Waals surface area contributed by atoms with Crippen LogP contribution in [0.2, 0.25) is 5.02 Å². The average molecular weight is 480 g/mol. The van der Waals surface area contributed by atoms with Crippen molar-refractivity contribution < 1.29 is 4.79 Å². The van der Waals surface area contributed by atoms with Crippen molar-refractivity contribution in [2.45, 2.75) is 26.7 Å². The lowest BCUT2D eigenvalue weighted by Crippen LogP contribution is -2.36. The number of anilines is 1. The molecule has 2 aromatic carbocycles. The fourth-order valence-electron chi connectivity index (χ4n) is 4.17. The molecule has 1 amide bonds. The summed E-state index contributed by atoms with van der Waals surface area (Å²) >= 11 is 7.65. The smallest absolute Gasteiger partial charge is 0.227 e. The SMILES string of the molecule is Cc1ccc(-n2nc(C)c3sc(N4CCCN(C(=O)Cc5ccc(Cl)cc5)CC4)nc32)cc1. The fraction of sp³-hybridized carbons (Fsp3) is 0.320. The molecule has 0 unspecified atom stereocenters. The molecule has 0 spiro atoms. The van der Waals surface area contributed by atoms with Crippen molar-refractivity contribution in [3.63, 3.8) is 0 Å². The number of aryl methyl sites for hydroxylation is 2. The molecule has 6 nitrogen and oxygen atoms in total. The summed E-state index contributed by atoms with van der Waals surface area (Å²) in [6, 6.07) is 15.9. The molecule has 3 heterocycles. The molecule has 1 fully saturated rings. The molecule has 4 aromatic rings. The normalized spacial score (nSPS) is 14.6. The van der Waals surface area contributed by atoms with Gasteiger partial charge in [-0.05, 0) is 50.1 Å². The molecule has 0 radical (unpaired) electrons. The molecule has 5 rings (SSSR count). The molecular weight excluding hydrogens is 454 g/mol. The quantitative estimate of drug-likeness (QED) is 0.411. The Kier molecular flexibility index (Phi) is 6.08. The predicted molar refractivity (Wildman–Crippen MR) is 135 cm³/mol. The van der Waals surface area contributed by atoms with Gasteiger partial charge < -0.3 is 9.80 Å². The van der Waals surface area contributed by atoms with Crippen molar-refractivity contribution in [2.75, 3.05) is 31.1 Å². The Morgan fingerprint density at radius 1 is 1.00 bits per heavy atom. The summed E-state index contributed by atoms with van der Waals surface area (Å²) in [5, 5.41) is 6.41. The van der Waals surface area contributed by atoms with E-state index in [4.69, 9.17) is 21.7 Å². The lowest BCUT2D eigenvalue weighted by Gasteiger charge is -2.21. The number of aromatic nitrogens is 3. The third-order valence-electron chi connectivity index (χ3n) is 6.04. The van der Waals surface area contributed by atoms with Gasteiger partial charge >= 0.3 is 0 Å². The number of hydrogen-bond donors (Lipinski definition) is 0. The number of halogens is 1. The number of thiazole rings is 1.